The number of benzene rings is 2. The number of amides is 1. The van der Waals surface area contributed by atoms with Crippen LogP contribution in [0.25, 0.3) is 0 Å². The molecule has 0 aliphatic heterocycles. The lowest BCUT2D eigenvalue weighted by Crippen LogP contribution is -2.20. The van der Waals surface area contributed by atoms with E-state index in [0.717, 1.165) is 5.56 Å². The molecule has 0 spiro atoms. The Kier molecular flexibility index (Phi) is 5.84. The quantitative estimate of drug-likeness (QED) is 0.482. The molecule has 0 heterocycles. The van der Waals surface area contributed by atoms with Crippen molar-refractivity contribution in [1.82, 2.24) is 0 Å². The van der Waals surface area contributed by atoms with Gasteiger partial charge in [-0.3, -0.25) is 4.79 Å². The summed E-state index contributed by atoms with van der Waals surface area (Å²) in [5, 5.41) is 14.5. The Bertz CT molecular complexity index is 708. The summed E-state index contributed by atoms with van der Waals surface area (Å²) < 4.78 is 5.38. The number of nitrogens with zero attached hydrogens (tertiary/aromatic N) is 1. The fraction of sp³-hybridized carbons (Fsp3) is 0.125. The smallest absolute Gasteiger partial charge is 0.262 e. The van der Waals surface area contributed by atoms with E-state index in [1.54, 1.807) is 12.1 Å². The van der Waals surface area contributed by atoms with E-state index < -0.39 is 0 Å². The first-order valence-electron chi connectivity index (χ1n) is 6.65. The number of hydrogen-bond acceptors (Lipinski definition) is 4. The molecule has 0 aliphatic carbocycles. The van der Waals surface area contributed by atoms with Gasteiger partial charge in [-0.25, -0.2) is 0 Å². The van der Waals surface area contributed by atoms with E-state index in [2.05, 4.69) is 10.5 Å². The number of halogens is 2. The van der Waals surface area contributed by atoms with E-state index in [1.807, 2.05) is 19.1 Å². The summed E-state index contributed by atoms with van der Waals surface area (Å²) in [6.45, 7) is 1.73. The molecular weight excluding hydrogens is 339 g/mol. The van der Waals surface area contributed by atoms with Gasteiger partial charge in [0.05, 0.1) is 16.3 Å². The number of aryl methyl sites for hydroxylation is 1. The van der Waals surface area contributed by atoms with E-state index >= 15 is 0 Å². The van der Waals surface area contributed by atoms with E-state index in [1.165, 1.54) is 18.3 Å². The topological polar surface area (TPSA) is 70.9 Å². The van der Waals surface area contributed by atoms with Crippen molar-refractivity contribution in [3.8, 4) is 5.75 Å². The molecule has 0 fully saturated rings. The summed E-state index contributed by atoms with van der Waals surface area (Å²) in [4.78, 5) is 11.9. The van der Waals surface area contributed by atoms with Gasteiger partial charge in [-0.15, -0.1) is 0 Å². The molecule has 2 rings (SSSR count). The molecular formula is C16H14Cl2N2O3. The molecule has 2 aromatic carbocycles. The molecule has 0 saturated heterocycles. The second kappa shape index (κ2) is 7.85. The van der Waals surface area contributed by atoms with Gasteiger partial charge >= 0.3 is 0 Å². The lowest BCUT2D eigenvalue weighted by Gasteiger charge is -2.11. The maximum absolute atomic E-state index is 11.9. The van der Waals surface area contributed by atoms with Crippen molar-refractivity contribution < 1.29 is 14.7 Å². The predicted molar refractivity (Wildman–Crippen MR) is 91.1 cm³/mol. The van der Waals surface area contributed by atoms with Crippen molar-refractivity contribution in [1.29, 1.82) is 0 Å². The number of rotatable bonds is 5. The summed E-state index contributed by atoms with van der Waals surface area (Å²) in [5.74, 6) is -0.135. The average molecular weight is 353 g/mol. The standard InChI is InChI=1S/C16H14Cl2N2O3/c1-10-2-4-12(5-3-10)20-15(21)9-23-16-13(17)6-11(8-19-22)7-14(16)18/h2-8,22H,9H2,1H3,(H,20,21)/b19-8-. The molecule has 0 unspecified atom stereocenters. The van der Waals surface area contributed by atoms with Gasteiger partial charge in [-0.2, -0.15) is 0 Å². The van der Waals surface area contributed by atoms with Crippen molar-refractivity contribution in [2.24, 2.45) is 5.16 Å². The molecule has 2 N–H and O–H groups in total. The molecule has 0 saturated carbocycles. The number of hydrogen-bond donors (Lipinski definition) is 2. The molecule has 0 aliphatic rings. The Morgan fingerprint density at radius 3 is 2.43 bits per heavy atom. The van der Waals surface area contributed by atoms with Crippen LogP contribution in [-0.4, -0.2) is 23.9 Å². The highest BCUT2D eigenvalue weighted by atomic mass is 35.5. The first-order chi connectivity index (χ1) is 11.0. The van der Waals surface area contributed by atoms with E-state index in [0.29, 0.717) is 11.3 Å². The fourth-order valence-electron chi connectivity index (χ4n) is 1.83. The first-order valence-corrected chi connectivity index (χ1v) is 7.41. The minimum Gasteiger partial charge on any atom is -0.481 e. The zero-order chi connectivity index (χ0) is 16.8. The first kappa shape index (κ1) is 17.1. The van der Waals surface area contributed by atoms with Crippen LogP contribution in [0, 0.1) is 6.92 Å². The van der Waals surface area contributed by atoms with Crippen LogP contribution in [-0.2, 0) is 4.79 Å². The van der Waals surface area contributed by atoms with Crippen molar-refractivity contribution >= 4 is 41.0 Å². The van der Waals surface area contributed by atoms with Gasteiger partial charge in [0.1, 0.15) is 0 Å². The highest BCUT2D eigenvalue weighted by Crippen LogP contribution is 2.33. The number of oxime groups is 1. The largest absolute Gasteiger partial charge is 0.481 e. The number of nitrogens with one attached hydrogen (secondary N) is 1. The van der Waals surface area contributed by atoms with E-state index in [9.17, 15) is 4.79 Å². The second-order valence-electron chi connectivity index (χ2n) is 4.76. The summed E-state index contributed by atoms with van der Waals surface area (Å²) >= 11 is 12.1. The number of carbonyl (C=O) groups excluding carboxylic acids is 1. The van der Waals surface area contributed by atoms with Gasteiger partial charge in [0, 0.05) is 5.69 Å². The molecule has 1 amide bonds. The molecule has 2 aromatic rings. The zero-order valence-corrected chi connectivity index (χ0v) is 13.7. The number of anilines is 1. The van der Waals surface area contributed by atoms with Crippen molar-refractivity contribution in [3.63, 3.8) is 0 Å². The SMILES string of the molecule is Cc1ccc(NC(=O)COc2c(Cl)cc(/C=N\O)cc2Cl)cc1. The monoisotopic (exact) mass is 352 g/mol. The van der Waals surface area contributed by atoms with Crippen LogP contribution in [0.1, 0.15) is 11.1 Å². The van der Waals surface area contributed by atoms with Gasteiger partial charge in [-0.1, -0.05) is 46.1 Å². The van der Waals surface area contributed by atoms with Crippen LogP contribution in [0.2, 0.25) is 10.0 Å². The molecule has 23 heavy (non-hydrogen) atoms. The van der Waals surface area contributed by atoms with Crippen molar-refractivity contribution in [2.45, 2.75) is 6.92 Å². The van der Waals surface area contributed by atoms with Crippen LogP contribution >= 0.6 is 23.2 Å². The Morgan fingerprint density at radius 2 is 1.87 bits per heavy atom. The maximum atomic E-state index is 11.9. The van der Waals surface area contributed by atoms with Gasteiger partial charge in [0.2, 0.25) is 0 Å². The van der Waals surface area contributed by atoms with Crippen LogP contribution in [0.15, 0.2) is 41.6 Å². The van der Waals surface area contributed by atoms with E-state index in [4.69, 9.17) is 33.1 Å². The Hall–Kier alpha value is -2.24. The summed E-state index contributed by atoms with van der Waals surface area (Å²) in [5.41, 5.74) is 2.29. The minimum absolute atomic E-state index is 0.197. The predicted octanol–water partition coefficient (Wildman–Crippen LogP) is 4.13. The molecule has 5 nitrogen and oxygen atoms in total. The lowest BCUT2D eigenvalue weighted by molar-refractivity contribution is -0.118. The highest BCUT2D eigenvalue weighted by molar-refractivity contribution is 6.37. The fourth-order valence-corrected chi connectivity index (χ4v) is 2.44. The molecule has 120 valence electrons. The average Bonchev–Trinajstić information content (AvgIpc) is 2.49. The molecule has 0 aromatic heterocycles. The molecule has 7 heteroatoms. The summed E-state index contributed by atoms with van der Waals surface area (Å²) in [6, 6.07) is 10.4. The third-order valence-corrected chi connectivity index (χ3v) is 3.47. The van der Waals surface area contributed by atoms with Gasteiger partial charge in [0.15, 0.2) is 12.4 Å². The normalized spacial score (nSPS) is 10.7. The van der Waals surface area contributed by atoms with Gasteiger partial charge < -0.3 is 15.3 Å². The Balaban J connectivity index is 2.00. The molecule has 0 radical (unpaired) electrons. The van der Waals surface area contributed by atoms with E-state index in [-0.39, 0.29) is 28.3 Å². The lowest BCUT2D eigenvalue weighted by atomic mass is 10.2. The van der Waals surface area contributed by atoms with Crippen molar-refractivity contribution in [2.75, 3.05) is 11.9 Å². The second-order valence-corrected chi connectivity index (χ2v) is 5.58. The van der Waals surface area contributed by atoms with Crippen LogP contribution in [0.4, 0.5) is 5.69 Å². The number of ether oxygens (including phenoxy) is 1. The van der Waals surface area contributed by atoms with Gasteiger partial charge in [-0.05, 0) is 36.8 Å². The minimum atomic E-state index is -0.331. The third kappa shape index (κ3) is 4.87. The van der Waals surface area contributed by atoms with Crippen LogP contribution in [0.3, 0.4) is 0 Å². The summed E-state index contributed by atoms with van der Waals surface area (Å²) in [7, 11) is 0. The number of carbonyl (C=O) groups is 1. The van der Waals surface area contributed by atoms with Gasteiger partial charge in [0.25, 0.3) is 5.91 Å². The maximum Gasteiger partial charge on any atom is 0.262 e. The molecule has 0 bridgehead atoms. The third-order valence-electron chi connectivity index (χ3n) is 2.91. The highest BCUT2D eigenvalue weighted by Gasteiger charge is 2.11. The van der Waals surface area contributed by atoms with Crippen LogP contribution < -0.4 is 10.1 Å². The van der Waals surface area contributed by atoms with Crippen LogP contribution in [0.5, 0.6) is 5.75 Å². The molecule has 0 atom stereocenters. The Labute approximate surface area is 143 Å². The summed E-state index contributed by atoms with van der Waals surface area (Å²) in [6.07, 6.45) is 1.19. The Morgan fingerprint density at radius 1 is 1.26 bits per heavy atom. The van der Waals surface area contributed by atoms with Crippen molar-refractivity contribution in [3.05, 3.63) is 57.6 Å². The zero-order valence-electron chi connectivity index (χ0n) is 12.2.